The molecule has 14 heteroatoms. The highest BCUT2D eigenvalue weighted by atomic mass is 35.5. The Balaban J connectivity index is 0.00000456. The molecule has 13 nitrogen and oxygen atoms in total. The van der Waals surface area contributed by atoms with Crippen molar-refractivity contribution in [3.63, 3.8) is 0 Å². The van der Waals surface area contributed by atoms with E-state index in [4.69, 9.17) is 5.11 Å². The zero-order valence-electron chi connectivity index (χ0n) is 19.2. The normalized spacial score (nSPS) is 13.0. The Morgan fingerprint density at radius 1 is 1.06 bits per heavy atom. The molecule has 0 aliphatic carbocycles. The number of carbonyl (C=O) groups is 3. The average Bonchev–Trinajstić information content (AvgIpc) is 3.22. The molecule has 2 aromatic heterocycles. The van der Waals surface area contributed by atoms with Crippen LogP contribution in [0, 0.1) is 0 Å². The van der Waals surface area contributed by atoms with Crippen molar-refractivity contribution < 1.29 is 46.7 Å². The Labute approximate surface area is 210 Å². The Morgan fingerprint density at radius 2 is 1.78 bits per heavy atom. The lowest BCUT2D eigenvalue weighted by atomic mass is 10.2. The standard InChI is InChI=1S/C22H23N7O6.ClH/c1-2-18(25-26-19-9-5-6-11-27(19)12-10-20(30)31)24-23-13-17(21(32)33)28-14-29(22(34)35)16-8-4-3-7-15(16)28;/h3-9,11,14,17H,2,10,12-13H2,1H3,(H2-,30,31,32,33,34,35);1H. The summed E-state index contributed by atoms with van der Waals surface area (Å²) in [6.45, 7) is 1.73. The van der Waals surface area contributed by atoms with Crippen LogP contribution in [-0.2, 0) is 16.1 Å². The van der Waals surface area contributed by atoms with Gasteiger partial charge in [0.1, 0.15) is 6.54 Å². The van der Waals surface area contributed by atoms with Gasteiger partial charge in [0.2, 0.25) is 6.04 Å². The zero-order chi connectivity index (χ0) is 25.4. The number of hydrogen-bond donors (Lipinski definition) is 3. The number of hydrogen-bond acceptors (Lipinski definition) is 6. The number of pyridine rings is 1. The van der Waals surface area contributed by atoms with Crippen molar-refractivity contribution in [1.82, 2.24) is 9.13 Å². The summed E-state index contributed by atoms with van der Waals surface area (Å²) in [7, 11) is 0. The van der Waals surface area contributed by atoms with Crippen molar-refractivity contribution in [3.05, 3.63) is 60.5 Å². The summed E-state index contributed by atoms with van der Waals surface area (Å²) < 4.78 is 3.91. The fourth-order valence-corrected chi connectivity index (χ4v) is 3.25. The van der Waals surface area contributed by atoms with Crippen LogP contribution in [0.1, 0.15) is 25.8 Å². The summed E-state index contributed by atoms with van der Waals surface area (Å²) >= 11 is 0. The van der Waals surface area contributed by atoms with Gasteiger partial charge >= 0.3 is 18.0 Å². The second-order valence-electron chi connectivity index (χ2n) is 7.31. The minimum Gasteiger partial charge on any atom is -1.00 e. The minimum absolute atomic E-state index is 0. The van der Waals surface area contributed by atoms with Crippen molar-refractivity contribution >= 4 is 34.9 Å². The van der Waals surface area contributed by atoms with Crippen LogP contribution in [0.2, 0.25) is 0 Å². The van der Waals surface area contributed by atoms with E-state index >= 15 is 0 Å². The highest BCUT2D eigenvalue weighted by molar-refractivity contribution is 5.84. The molecule has 1 atom stereocenters. The highest BCUT2D eigenvalue weighted by Crippen LogP contribution is 2.14. The van der Waals surface area contributed by atoms with E-state index in [1.807, 2.05) is 0 Å². The molecule has 2 heterocycles. The number of para-hydroxylation sites is 2. The Morgan fingerprint density at radius 3 is 2.44 bits per heavy atom. The fraction of sp³-hybridized carbons (Fsp3) is 0.273. The number of halogens is 1. The second-order valence-corrected chi connectivity index (χ2v) is 7.31. The van der Waals surface area contributed by atoms with Crippen LogP contribution in [0.4, 0.5) is 4.79 Å². The van der Waals surface area contributed by atoms with Gasteiger partial charge in [0.05, 0.1) is 6.42 Å². The van der Waals surface area contributed by atoms with E-state index in [2.05, 4.69) is 20.4 Å². The Hall–Kier alpha value is -4.39. The maximum atomic E-state index is 12.0. The lowest BCUT2D eigenvalue weighted by Gasteiger charge is -2.06. The lowest BCUT2D eigenvalue weighted by Crippen LogP contribution is -3.00. The number of fused-ring (bicyclic) bond motifs is 1. The lowest BCUT2D eigenvalue weighted by molar-refractivity contribution is -0.683. The molecule has 1 aromatic carbocycles. The van der Waals surface area contributed by atoms with Gasteiger partial charge in [-0.15, -0.1) is 19.9 Å². The van der Waals surface area contributed by atoms with E-state index < -0.39 is 24.1 Å². The first-order valence-corrected chi connectivity index (χ1v) is 10.6. The monoisotopic (exact) mass is 517 g/mol. The third-order valence-corrected chi connectivity index (χ3v) is 4.99. The van der Waals surface area contributed by atoms with Crippen molar-refractivity contribution in [2.24, 2.45) is 20.4 Å². The number of aromatic nitrogens is 3. The number of azo groups is 1. The van der Waals surface area contributed by atoms with E-state index in [1.54, 1.807) is 60.2 Å². The SMILES string of the molecule is CCC(N=NCC(C(=O)O)[n+]1cn(C(=O)O)c2ccccc21)=NN=c1ccccn1CCC(=O)O.[Cl-]. The number of benzene rings is 1. The average molecular weight is 518 g/mol. The van der Waals surface area contributed by atoms with Gasteiger partial charge in [0.15, 0.2) is 22.4 Å². The van der Waals surface area contributed by atoms with Gasteiger partial charge in [-0.2, -0.15) is 9.91 Å². The van der Waals surface area contributed by atoms with Crippen molar-refractivity contribution in [1.29, 1.82) is 0 Å². The van der Waals surface area contributed by atoms with Gasteiger partial charge in [0.25, 0.3) is 6.33 Å². The number of nitrogens with zero attached hydrogens (tertiary/aromatic N) is 7. The molecular weight excluding hydrogens is 494 g/mol. The number of carboxylic acids is 2. The smallest absolute Gasteiger partial charge is 0.509 e. The third kappa shape index (κ3) is 6.82. The summed E-state index contributed by atoms with van der Waals surface area (Å²) in [5.41, 5.74) is 1.19. The van der Waals surface area contributed by atoms with Crippen LogP contribution in [0.3, 0.4) is 0 Å². The molecule has 0 aliphatic heterocycles. The molecule has 0 spiro atoms. The van der Waals surface area contributed by atoms with E-state index in [0.717, 1.165) is 4.57 Å². The molecule has 3 aromatic rings. The number of amidine groups is 1. The molecule has 0 amide bonds. The van der Waals surface area contributed by atoms with Crippen LogP contribution < -0.4 is 22.5 Å². The number of imidazole rings is 1. The van der Waals surface area contributed by atoms with E-state index in [0.29, 0.717) is 22.9 Å². The largest absolute Gasteiger partial charge is 1.00 e. The Bertz CT molecular complexity index is 1380. The summed E-state index contributed by atoms with van der Waals surface area (Å²) in [5.74, 6) is -1.90. The fourth-order valence-electron chi connectivity index (χ4n) is 3.25. The molecule has 3 N–H and O–H groups in total. The number of carboxylic acid groups (broad SMARTS) is 3. The maximum absolute atomic E-state index is 12.0. The van der Waals surface area contributed by atoms with Crippen molar-refractivity contribution in [2.45, 2.75) is 32.4 Å². The van der Waals surface area contributed by atoms with Gasteiger partial charge in [-0.3, -0.25) is 4.79 Å². The first-order valence-electron chi connectivity index (χ1n) is 10.6. The third-order valence-electron chi connectivity index (χ3n) is 4.99. The van der Waals surface area contributed by atoms with Gasteiger partial charge in [-0.1, -0.05) is 25.1 Å². The number of aryl methyl sites for hydroxylation is 1. The minimum atomic E-state index is -1.24. The van der Waals surface area contributed by atoms with Crippen LogP contribution in [0.5, 0.6) is 0 Å². The van der Waals surface area contributed by atoms with E-state index in [-0.39, 0.29) is 37.8 Å². The molecule has 0 saturated heterocycles. The van der Waals surface area contributed by atoms with Gasteiger partial charge in [-0.05, 0) is 24.3 Å². The molecule has 0 bridgehead atoms. The maximum Gasteiger partial charge on any atom is 0.509 e. The molecule has 0 aliphatic rings. The first kappa shape index (κ1) is 27.9. The summed E-state index contributed by atoms with van der Waals surface area (Å²) in [5, 5.41) is 44.3. The zero-order valence-corrected chi connectivity index (χ0v) is 19.9. The van der Waals surface area contributed by atoms with Crippen molar-refractivity contribution in [2.75, 3.05) is 6.54 Å². The molecule has 3 rings (SSSR count). The van der Waals surface area contributed by atoms with Crippen LogP contribution in [-0.4, -0.2) is 54.9 Å². The molecule has 0 radical (unpaired) electrons. The van der Waals surface area contributed by atoms with Gasteiger partial charge in [-0.25, -0.2) is 9.36 Å². The topological polar surface area (TPSA) is 175 Å². The van der Waals surface area contributed by atoms with Crippen LogP contribution >= 0.6 is 0 Å². The van der Waals surface area contributed by atoms with Gasteiger partial charge in [0, 0.05) is 19.2 Å². The van der Waals surface area contributed by atoms with Gasteiger partial charge < -0.3 is 32.3 Å². The highest BCUT2D eigenvalue weighted by Gasteiger charge is 2.30. The van der Waals surface area contributed by atoms with Crippen LogP contribution in [0.15, 0.2) is 75.4 Å². The molecule has 36 heavy (non-hydrogen) atoms. The predicted molar refractivity (Wildman–Crippen MR) is 122 cm³/mol. The summed E-state index contributed by atoms with van der Waals surface area (Å²) in [4.78, 5) is 34.4. The molecule has 190 valence electrons. The summed E-state index contributed by atoms with van der Waals surface area (Å²) in [6, 6.07) is 10.5. The molecular formula is C22H24ClN7O6. The van der Waals surface area contributed by atoms with E-state index in [1.165, 1.54) is 10.9 Å². The van der Waals surface area contributed by atoms with Crippen LogP contribution in [0.25, 0.3) is 11.0 Å². The number of rotatable bonds is 9. The summed E-state index contributed by atoms with van der Waals surface area (Å²) in [6.07, 6.45) is 1.93. The quantitative estimate of drug-likeness (QED) is 0.109. The van der Waals surface area contributed by atoms with E-state index in [9.17, 15) is 24.6 Å². The van der Waals surface area contributed by atoms with Crippen molar-refractivity contribution in [3.8, 4) is 0 Å². The molecule has 0 saturated carbocycles. The number of aliphatic carboxylic acids is 2. The first-order chi connectivity index (χ1) is 16.8. The molecule has 0 fully saturated rings. The molecule has 1 unspecified atom stereocenters. The Kier molecular flexibility index (Phi) is 9.98. The second kappa shape index (κ2) is 12.9. The predicted octanol–water partition coefficient (Wildman–Crippen LogP) is -0.863.